The van der Waals surface area contributed by atoms with Crippen molar-refractivity contribution in [2.75, 3.05) is 5.32 Å². The van der Waals surface area contributed by atoms with E-state index >= 15 is 0 Å². The molecule has 0 unspecified atom stereocenters. The molecule has 0 heterocycles. The normalized spacial score (nSPS) is 10.0. The minimum atomic E-state index is -0.239. The Kier molecular flexibility index (Phi) is 3.24. The molecule has 0 aliphatic rings. The third kappa shape index (κ3) is 2.94. The highest BCUT2D eigenvalue weighted by Crippen LogP contribution is 2.18. The Balaban J connectivity index is 2.14. The van der Waals surface area contributed by atoms with Gasteiger partial charge in [0.2, 0.25) is 0 Å². The van der Waals surface area contributed by atoms with Crippen molar-refractivity contribution in [3.63, 3.8) is 0 Å². The van der Waals surface area contributed by atoms with Gasteiger partial charge in [-0.2, -0.15) is 0 Å². The summed E-state index contributed by atoms with van der Waals surface area (Å²) in [4.78, 5) is 0. The zero-order valence-electron chi connectivity index (χ0n) is 9.70. The van der Waals surface area contributed by atoms with Crippen LogP contribution >= 0.6 is 0 Å². The monoisotopic (exact) mass is 227 g/mol. The molecule has 0 fully saturated rings. The Morgan fingerprint density at radius 2 is 1.82 bits per heavy atom. The first kappa shape index (κ1) is 11.4. The van der Waals surface area contributed by atoms with Crippen molar-refractivity contribution in [2.24, 2.45) is 0 Å². The second kappa shape index (κ2) is 4.83. The second-order valence-corrected chi connectivity index (χ2v) is 3.98. The zero-order valence-corrected chi connectivity index (χ0v) is 9.70. The average molecular weight is 227 g/mol. The Morgan fingerprint density at radius 1 is 1.12 bits per heavy atom. The summed E-state index contributed by atoms with van der Waals surface area (Å²) in [5.74, 6) is -0.239. The van der Waals surface area contributed by atoms with E-state index in [-0.39, 0.29) is 5.82 Å². The van der Waals surface area contributed by atoms with E-state index < -0.39 is 0 Å². The summed E-state index contributed by atoms with van der Waals surface area (Å²) in [7, 11) is 0. The lowest BCUT2D eigenvalue weighted by atomic mass is 10.1. The van der Waals surface area contributed by atoms with Crippen molar-refractivity contribution < 1.29 is 4.39 Å². The van der Waals surface area contributed by atoms with Gasteiger partial charge in [-0.25, -0.2) is 4.39 Å². The second-order valence-electron chi connectivity index (χ2n) is 3.98. The highest BCUT2D eigenvalue weighted by molar-refractivity contribution is 5.75. The van der Waals surface area contributed by atoms with Crippen molar-refractivity contribution in [3.05, 3.63) is 72.1 Å². The van der Waals surface area contributed by atoms with Crippen LogP contribution in [0.25, 0.3) is 5.70 Å². The number of hydrogen-bond donors (Lipinski definition) is 1. The predicted octanol–water partition coefficient (Wildman–Crippen LogP) is 4.22. The summed E-state index contributed by atoms with van der Waals surface area (Å²) >= 11 is 0. The number of hydrogen-bond acceptors (Lipinski definition) is 1. The fraction of sp³-hybridized carbons (Fsp3) is 0.0667. The van der Waals surface area contributed by atoms with Gasteiger partial charge in [0.05, 0.1) is 0 Å². The summed E-state index contributed by atoms with van der Waals surface area (Å²) in [6.07, 6.45) is 0. The maximum atomic E-state index is 12.8. The first-order valence-electron chi connectivity index (χ1n) is 5.44. The highest BCUT2D eigenvalue weighted by atomic mass is 19.1. The van der Waals surface area contributed by atoms with Gasteiger partial charge in [-0.05, 0) is 42.3 Å². The lowest BCUT2D eigenvalue weighted by Gasteiger charge is -2.10. The van der Waals surface area contributed by atoms with Crippen LogP contribution in [-0.4, -0.2) is 0 Å². The zero-order chi connectivity index (χ0) is 12.3. The topological polar surface area (TPSA) is 12.0 Å². The van der Waals surface area contributed by atoms with E-state index in [1.807, 2.05) is 31.2 Å². The Labute approximate surface area is 101 Å². The molecule has 17 heavy (non-hydrogen) atoms. The van der Waals surface area contributed by atoms with Crippen molar-refractivity contribution in [2.45, 2.75) is 6.92 Å². The van der Waals surface area contributed by atoms with Crippen LogP contribution in [0.3, 0.4) is 0 Å². The molecule has 0 spiro atoms. The molecule has 0 radical (unpaired) electrons. The first-order valence-corrected chi connectivity index (χ1v) is 5.44. The Hall–Kier alpha value is -2.09. The van der Waals surface area contributed by atoms with E-state index in [2.05, 4.69) is 11.9 Å². The van der Waals surface area contributed by atoms with Gasteiger partial charge in [-0.3, -0.25) is 0 Å². The summed E-state index contributed by atoms with van der Waals surface area (Å²) in [6.45, 7) is 5.98. The van der Waals surface area contributed by atoms with E-state index in [1.165, 1.54) is 17.7 Å². The van der Waals surface area contributed by atoms with Crippen LogP contribution in [0.1, 0.15) is 11.1 Å². The highest BCUT2D eigenvalue weighted by Gasteiger charge is 2.00. The van der Waals surface area contributed by atoms with Crippen molar-refractivity contribution in [1.29, 1.82) is 0 Å². The Bertz CT molecular complexity index is 529. The van der Waals surface area contributed by atoms with Gasteiger partial charge in [-0.1, -0.05) is 30.8 Å². The predicted molar refractivity (Wildman–Crippen MR) is 70.2 cm³/mol. The third-order valence-corrected chi connectivity index (χ3v) is 2.51. The van der Waals surface area contributed by atoms with Crippen molar-refractivity contribution >= 4 is 11.4 Å². The summed E-state index contributed by atoms with van der Waals surface area (Å²) in [5, 5.41) is 3.20. The molecular formula is C15H14FN. The van der Waals surface area contributed by atoms with Gasteiger partial charge in [0, 0.05) is 11.4 Å². The maximum absolute atomic E-state index is 12.8. The molecule has 2 aromatic carbocycles. The number of anilines is 1. The lowest BCUT2D eigenvalue weighted by Crippen LogP contribution is -1.97. The SMILES string of the molecule is C=C(Nc1cccc(C)c1)c1ccc(F)cc1. The summed E-state index contributed by atoms with van der Waals surface area (Å²) in [6, 6.07) is 14.3. The molecule has 0 aliphatic heterocycles. The molecule has 86 valence electrons. The molecule has 0 saturated carbocycles. The van der Waals surface area contributed by atoms with E-state index in [0.717, 1.165) is 16.9 Å². The molecule has 0 bridgehead atoms. The van der Waals surface area contributed by atoms with Gasteiger partial charge in [0.15, 0.2) is 0 Å². The molecule has 1 N–H and O–H groups in total. The van der Waals surface area contributed by atoms with Gasteiger partial charge in [0.25, 0.3) is 0 Å². The molecule has 1 nitrogen and oxygen atoms in total. The van der Waals surface area contributed by atoms with Crippen LogP contribution in [0.4, 0.5) is 10.1 Å². The van der Waals surface area contributed by atoms with Crippen LogP contribution in [0.2, 0.25) is 0 Å². The van der Waals surface area contributed by atoms with Gasteiger partial charge < -0.3 is 5.32 Å². The van der Waals surface area contributed by atoms with E-state index in [0.29, 0.717) is 0 Å². The van der Waals surface area contributed by atoms with Crippen LogP contribution in [0.15, 0.2) is 55.1 Å². The maximum Gasteiger partial charge on any atom is 0.123 e. The van der Waals surface area contributed by atoms with E-state index in [1.54, 1.807) is 12.1 Å². The molecule has 0 atom stereocenters. The molecule has 2 aromatic rings. The van der Waals surface area contributed by atoms with Crippen molar-refractivity contribution in [1.82, 2.24) is 0 Å². The summed E-state index contributed by atoms with van der Waals surface area (Å²) < 4.78 is 12.8. The number of halogens is 1. The third-order valence-electron chi connectivity index (χ3n) is 2.51. The quantitative estimate of drug-likeness (QED) is 0.827. The molecule has 0 saturated heterocycles. The van der Waals surface area contributed by atoms with Crippen LogP contribution in [0, 0.1) is 12.7 Å². The number of nitrogens with one attached hydrogen (secondary N) is 1. The number of aryl methyl sites for hydroxylation is 1. The molecule has 0 aromatic heterocycles. The van der Waals surface area contributed by atoms with Crippen LogP contribution < -0.4 is 5.32 Å². The lowest BCUT2D eigenvalue weighted by molar-refractivity contribution is 0.627. The fourth-order valence-corrected chi connectivity index (χ4v) is 1.62. The van der Waals surface area contributed by atoms with E-state index in [9.17, 15) is 4.39 Å². The summed E-state index contributed by atoms with van der Waals surface area (Å²) in [5.41, 5.74) is 3.81. The largest absolute Gasteiger partial charge is 0.356 e. The molecule has 0 amide bonds. The number of benzene rings is 2. The van der Waals surface area contributed by atoms with Gasteiger partial charge in [0.1, 0.15) is 5.82 Å². The van der Waals surface area contributed by atoms with E-state index in [4.69, 9.17) is 0 Å². The minimum absolute atomic E-state index is 0.239. The van der Waals surface area contributed by atoms with Crippen molar-refractivity contribution in [3.8, 4) is 0 Å². The molecule has 2 rings (SSSR count). The van der Waals surface area contributed by atoms with Gasteiger partial charge in [-0.15, -0.1) is 0 Å². The van der Waals surface area contributed by atoms with Crippen LogP contribution in [0.5, 0.6) is 0 Å². The molecule has 0 aliphatic carbocycles. The number of rotatable bonds is 3. The first-order chi connectivity index (χ1) is 8.15. The molecular weight excluding hydrogens is 213 g/mol. The van der Waals surface area contributed by atoms with Gasteiger partial charge >= 0.3 is 0 Å². The average Bonchev–Trinajstić information content (AvgIpc) is 2.29. The van der Waals surface area contributed by atoms with Crippen LogP contribution in [-0.2, 0) is 0 Å². The molecule has 2 heteroatoms. The Morgan fingerprint density at radius 3 is 2.47 bits per heavy atom. The fourth-order valence-electron chi connectivity index (χ4n) is 1.62. The standard InChI is InChI=1S/C15H14FN/c1-11-4-3-5-15(10-11)17-12(2)13-6-8-14(16)9-7-13/h3-10,17H,2H2,1H3. The minimum Gasteiger partial charge on any atom is -0.356 e. The smallest absolute Gasteiger partial charge is 0.123 e.